The van der Waals surface area contributed by atoms with Crippen LogP contribution in [0.2, 0.25) is 5.02 Å². The van der Waals surface area contributed by atoms with Crippen molar-refractivity contribution < 1.29 is 31.9 Å². The number of nitrogens with one attached hydrogen (secondary N) is 1. The van der Waals surface area contributed by atoms with Crippen LogP contribution in [0, 0.1) is 17.2 Å². The van der Waals surface area contributed by atoms with Gasteiger partial charge in [-0.3, -0.25) is 4.79 Å². The fourth-order valence-electron chi connectivity index (χ4n) is 3.92. The Kier molecular flexibility index (Phi) is 7.14. The van der Waals surface area contributed by atoms with Gasteiger partial charge in [-0.2, -0.15) is 5.26 Å². The van der Waals surface area contributed by atoms with Gasteiger partial charge in [0.2, 0.25) is 5.91 Å². The molecule has 1 aromatic heterocycles. The van der Waals surface area contributed by atoms with Gasteiger partial charge in [-0.25, -0.2) is 27.0 Å². The van der Waals surface area contributed by atoms with E-state index in [1.54, 1.807) is 0 Å². The van der Waals surface area contributed by atoms with E-state index in [-0.39, 0.29) is 30.3 Å². The van der Waals surface area contributed by atoms with E-state index < -0.39 is 45.1 Å². The van der Waals surface area contributed by atoms with Crippen LogP contribution in [-0.2, 0) is 14.6 Å². The lowest BCUT2D eigenvalue weighted by Crippen LogP contribution is -2.35. The Labute approximate surface area is 194 Å². The maximum absolute atomic E-state index is 13.3. The first kappa shape index (κ1) is 25.1. The van der Waals surface area contributed by atoms with E-state index in [0.717, 1.165) is 4.90 Å². The maximum Gasteiger partial charge on any atom is 0.405 e. The van der Waals surface area contributed by atoms with Gasteiger partial charge in [0.05, 0.1) is 22.9 Å². The van der Waals surface area contributed by atoms with Crippen molar-refractivity contribution in [1.29, 1.82) is 5.26 Å². The third kappa shape index (κ3) is 6.09. The number of hydrogen-bond donors (Lipinski definition) is 2. The summed E-state index contributed by atoms with van der Waals surface area (Å²) in [7, 11) is -3.66. The van der Waals surface area contributed by atoms with Crippen molar-refractivity contribution in [3.63, 3.8) is 0 Å². The van der Waals surface area contributed by atoms with Crippen molar-refractivity contribution in [3.8, 4) is 6.07 Å². The Morgan fingerprint density at radius 2 is 1.97 bits per heavy atom. The van der Waals surface area contributed by atoms with E-state index >= 15 is 0 Å². The molecule has 1 aromatic rings. The summed E-state index contributed by atoms with van der Waals surface area (Å²) in [5.74, 6) is -3.73. The van der Waals surface area contributed by atoms with Crippen molar-refractivity contribution in [3.05, 3.63) is 23.4 Å². The number of nitriles is 1. The average molecular weight is 505 g/mol. The summed E-state index contributed by atoms with van der Waals surface area (Å²) in [5, 5.41) is 18.2. The third-order valence-electron chi connectivity index (χ3n) is 5.96. The molecule has 180 valence electrons. The summed E-state index contributed by atoms with van der Waals surface area (Å²) >= 11 is 5.71. The van der Waals surface area contributed by atoms with Crippen molar-refractivity contribution in [2.45, 2.75) is 60.3 Å². The van der Waals surface area contributed by atoms with Gasteiger partial charge in [0, 0.05) is 25.1 Å². The number of sulfone groups is 1. The smallest absolute Gasteiger partial charge is 0.405 e. The topological polar surface area (TPSA) is 140 Å². The number of alkyl halides is 2. The Balaban J connectivity index is 0.000000286. The SMILES string of the molecule is N#CC1(NC(=O)O)CC1.O=C([C@@H]1CC[C@@H](S(=O)(=O)c2ccc(Cl)cn2)C1)N1CCC(F)(F)C1. The fourth-order valence-corrected chi connectivity index (χ4v) is 5.77. The zero-order chi connectivity index (χ0) is 24.4. The first-order valence-corrected chi connectivity index (χ1v) is 12.2. The lowest BCUT2D eigenvalue weighted by Gasteiger charge is -2.20. The van der Waals surface area contributed by atoms with Gasteiger partial charge >= 0.3 is 6.09 Å². The van der Waals surface area contributed by atoms with Crippen molar-refractivity contribution in [2.24, 2.45) is 5.92 Å². The molecule has 2 aliphatic carbocycles. The Bertz CT molecular complexity index is 1060. The number of aromatic nitrogens is 1. The molecule has 3 aliphatic rings. The number of pyridine rings is 1. The van der Waals surface area contributed by atoms with Gasteiger partial charge in [-0.05, 0) is 44.2 Å². The van der Waals surface area contributed by atoms with E-state index in [1.807, 2.05) is 6.07 Å². The second-order valence-electron chi connectivity index (χ2n) is 8.48. The maximum atomic E-state index is 13.3. The highest BCUT2D eigenvalue weighted by Crippen LogP contribution is 2.36. The lowest BCUT2D eigenvalue weighted by atomic mass is 10.1. The molecule has 0 radical (unpaired) electrons. The van der Waals surface area contributed by atoms with Crippen LogP contribution in [-0.4, -0.2) is 65.2 Å². The molecule has 1 saturated heterocycles. The predicted octanol–water partition coefficient (Wildman–Crippen LogP) is 2.86. The standard InChI is InChI=1S/C15H17ClF2N2O3S.C5H6N2O2/c16-11-2-4-13(19-8-11)24(22,23)12-3-1-10(7-12)14(21)20-6-5-15(17,18)9-20;6-3-5(1-2-5)7-4(8)9/h2,4,8,10,12H,1,3,5-7,9H2;7H,1-2H2,(H,8,9)/t10-,12-;/m1./s1. The van der Waals surface area contributed by atoms with E-state index in [9.17, 15) is 26.8 Å². The van der Waals surface area contributed by atoms with Gasteiger partial charge < -0.3 is 15.3 Å². The predicted molar refractivity (Wildman–Crippen MR) is 112 cm³/mol. The molecule has 2 heterocycles. The molecule has 0 aromatic carbocycles. The number of carboxylic acid groups (broad SMARTS) is 1. The molecule has 0 unspecified atom stereocenters. The molecule has 2 saturated carbocycles. The number of amides is 2. The minimum Gasteiger partial charge on any atom is -0.465 e. The summed E-state index contributed by atoms with van der Waals surface area (Å²) in [6.45, 7) is -0.545. The number of carbonyl (C=O) groups excluding carboxylic acids is 1. The first-order chi connectivity index (χ1) is 15.4. The summed E-state index contributed by atoms with van der Waals surface area (Å²) < 4.78 is 51.7. The van der Waals surface area contributed by atoms with Gasteiger partial charge in [0.1, 0.15) is 5.54 Å². The molecule has 0 spiro atoms. The van der Waals surface area contributed by atoms with Gasteiger partial charge in [-0.15, -0.1) is 0 Å². The second-order valence-corrected chi connectivity index (χ2v) is 11.1. The molecular formula is C20H23ClF2N4O5S. The van der Waals surface area contributed by atoms with Crippen LogP contribution in [0.4, 0.5) is 13.6 Å². The number of halogens is 3. The van der Waals surface area contributed by atoms with E-state index in [4.69, 9.17) is 22.0 Å². The van der Waals surface area contributed by atoms with Crippen molar-refractivity contribution in [1.82, 2.24) is 15.2 Å². The zero-order valence-corrected chi connectivity index (χ0v) is 19.1. The highest BCUT2D eigenvalue weighted by molar-refractivity contribution is 7.92. The summed E-state index contributed by atoms with van der Waals surface area (Å²) in [4.78, 5) is 27.3. The van der Waals surface area contributed by atoms with Gasteiger partial charge in [-0.1, -0.05) is 11.6 Å². The van der Waals surface area contributed by atoms with Crippen molar-refractivity contribution >= 4 is 33.4 Å². The fraction of sp³-hybridized carbons (Fsp3) is 0.600. The quantitative estimate of drug-likeness (QED) is 0.642. The van der Waals surface area contributed by atoms with E-state index in [0.29, 0.717) is 30.7 Å². The Hall–Kier alpha value is -2.52. The van der Waals surface area contributed by atoms with Crippen LogP contribution in [0.3, 0.4) is 0 Å². The van der Waals surface area contributed by atoms with E-state index in [1.165, 1.54) is 18.3 Å². The molecule has 3 fully saturated rings. The normalized spacial score (nSPS) is 24.8. The highest BCUT2D eigenvalue weighted by atomic mass is 35.5. The Morgan fingerprint density at radius 3 is 2.42 bits per heavy atom. The lowest BCUT2D eigenvalue weighted by molar-refractivity contribution is -0.135. The molecule has 0 bridgehead atoms. The third-order valence-corrected chi connectivity index (χ3v) is 8.31. The monoisotopic (exact) mass is 504 g/mol. The van der Waals surface area contributed by atoms with Crippen LogP contribution < -0.4 is 5.32 Å². The average Bonchev–Trinajstić information content (AvgIpc) is 3.16. The molecule has 2 N–H and O–H groups in total. The van der Waals surface area contributed by atoms with Crippen LogP contribution in [0.25, 0.3) is 0 Å². The van der Waals surface area contributed by atoms with Crippen molar-refractivity contribution in [2.75, 3.05) is 13.1 Å². The molecule has 2 amide bonds. The first-order valence-electron chi connectivity index (χ1n) is 10.3. The largest absolute Gasteiger partial charge is 0.465 e. The summed E-state index contributed by atoms with van der Waals surface area (Å²) in [6, 6.07) is 4.68. The number of hydrogen-bond acceptors (Lipinski definition) is 6. The highest BCUT2D eigenvalue weighted by Gasteiger charge is 2.46. The van der Waals surface area contributed by atoms with E-state index in [2.05, 4.69) is 10.3 Å². The number of nitrogens with zero attached hydrogens (tertiary/aromatic N) is 3. The molecule has 13 heteroatoms. The molecule has 9 nitrogen and oxygen atoms in total. The zero-order valence-electron chi connectivity index (χ0n) is 17.5. The Morgan fingerprint density at radius 1 is 1.27 bits per heavy atom. The number of rotatable bonds is 4. The van der Waals surface area contributed by atoms with Crippen LogP contribution in [0.15, 0.2) is 23.4 Å². The van der Waals surface area contributed by atoms with Gasteiger partial charge in [0.25, 0.3) is 5.92 Å². The number of carbonyl (C=O) groups is 2. The molecule has 33 heavy (non-hydrogen) atoms. The van der Waals surface area contributed by atoms with Crippen LogP contribution >= 0.6 is 11.6 Å². The summed E-state index contributed by atoms with van der Waals surface area (Å²) in [5.41, 5.74) is -0.730. The molecular weight excluding hydrogens is 482 g/mol. The molecule has 1 aliphatic heterocycles. The second kappa shape index (κ2) is 9.38. The van der Waals surface area contributed by atoms with Crippen LogP contribution in [0.1, 0.15) is 38.5 Å². The summed E-state index contributed by atoms with van der Waals surface area (Å²) in [6.07, 6.45) is 1.97. The minimum absolute atomic E-state index is 0.0263. The number of likely N-dealkylation sites (tertiary alicyclic amines) is 1. The minimum atomic E-state index is -3.66. The van der Waals surface area contributed by atoms with Crippen LogP contribution in [0.5, 0.6) is 0 Å². The van der Waals surface area contributed by atoms with Gasteiger partial charge in [0.15, 0.2) is 14.9 Å². The molecule has 4 rings (SSSR count). The molecule has 2 atom stereocenters.